The molecule has 0 saturated heterocycles. The largest absolute Gasteiger partial charge is 0.456 e. The summed E-state index contributed by atoms with van der Waals surface area (Å²) < 4.78 is 5.42. The molecular weight excluding hydrogens is 232 g/mol. The number of aromatic nitrogens is 3. The van der Waals surface area contributed by atoms with Crippen molar-refractivity contribution in [3.05, 3.63) is 35.3 Å². The number of H-pyrrole nitrogens is 1. The van der Waals surface area contributed by atoms with Crippen molar-refractivity contribution < 1.29 is 9.21 Å². The fourth-order valence-electron chi connectivity index (χ4n) is 1.61. The van der Waals surface area contributed by atoms with Gasteiger partial charge in [0.25, 0.3) is 5.91 Å². The first-order chi connectivity index (χ1) is 8.60. The van der Waals surface area contributed by atoms with E-state index < -0.39 is 0 Å². The second-order valence-corrected chi connectivity index (χ2v) is 4.12. The Labute approximate surface area is 105 Å². The van der Waals surface area contributed by atoms with Crippen LogP contribution in [0.2, 0.25) is 0 Å². The van der Waals surface area contributed by atoms with Crippen molar-refractivity contribution in [1.82, 2.24) is 20.1 Å². The zero-order valence-electron chi connectivity index (χ0n) is 10.7. The monoisotopic (exact) mass is 248 g/mol. The smallest absolute Gasteiger partial charge is 0.289 e. The molecule has 2 heterocycles. The second-order valence-electron chi connectivity index (χ2n) is 4.12. The van der Waals surface area contributed by atoms with Gasteiger partial charge in [-0.25, -0.2) is 4.98 Å². The molecular formula is C12H16N4O2. The van der Waals surface area contributed by atoms with Gasteiger partial charge in [0.2, 0.25) is 0 Å². The number of aryl methyl sites for hydroxylation is 2. The number of hydrogen-bond acceptors (Lipinski definition) is 4. The Hall–Kier alpha value is -2.11. The second kappa shape index (κ2) is 5.03. The van der Waals surface area contributed by atoms with E-state index in [0.29, 0.717) is 18.1 Å². The predicted octanol–water partition coefficient (Wildman–Crippen LogP) is 1.54. The number of aromatic amines is 1. The highest BCUT2D eigenvalue weighted by Gasteiger charge is 2.17. The number of amides is 1. The van der Waals surface area contributed by atoms with Gasteiger partial charge in [-0.15, -0.1) is 0 Å². The van der Waals surface area contributed by atoms with Crippen LogP contribution in [-0.2, 0) is 13.0 Å². The van der Waals surface area contributed by atoms with E-state index in [1.54, 1.807) is 13.1 Å². The average Bonchev–Trinajstić information content (AvgIpc) is 2.97. The lowest BCUT2D eigenvalue weighted by Crippen LogP contribution is -2.26. The quantitative estimate of drug-likeness (QED) is 0.890. The first-order valence-corrected chi connectivity index (χ1v) is 5.82. The number of nitrogens with zero attached hydrogens (tertiary/aromatic N) is 3. The van der Waals surface area contributed by atoms with Crippen molar-refractivity contribution in [2.45, 2.75) is 26.8 Å². The molecule has 1 amide bonds. The Morgan fingerprint density at radius 3 is 2.83 bits per heavy atom. The van der Waals surface area contributed by atoms with Crippen LogP contribution in [0.3, 0.4) is 0 Å². The molecule has 96 valence electrons. The molecule has 6 heteroatoms. The Morgan fingerprint density at radius 2 is 2.28 bits per heavy atom. The summed E-state index contributed by atoms with van der Waals surface area (Å²) in [5, 5.41) is 6.74. The molecule has 0 aliphatic rings. The van der Waals surface area contributed by atoms with E-state index in [0.717, 1.165) is 18.0 Å². The molecule has 1 N–H and O–H groups in total. The highest BCUT2D eigenvalue weighted by molar-refractivity contribution is 5.91. The molecule has 0 aliphatic heterocycles. The average molecular weight is 248 g/mol. The molecule has 18 heavy (non-hydrogen) atoms. The molecule has 0 aliphatic carbocycles. The number of hydrogen-bond donors (Lipinski definition) is 1. The van der Waals surface area contributed by atoms with Gasteiger partial charge < -0.3 is 9.32 Å². The van der Waals surface area contributed by atoms with Gasteiger partial charge in [-0.05, 0) is 19.1 Å². The normalized spacial score (nSPS) is 10.6. The van der Waals surface area contributed by atoms with Gasteiger partial charge in [0.05, 0.1) is 6.54 Å². The zero-order valence-corrected chi connectivity index (χ0v) is 10.7. The SMILES string of the molecule is CCc1ccc(C(=O)N(C)Cc2n[nH]c(C)n2)o1. The standard InChI is InChI=1S/C12H16N4O2/c1-4-9-5-6-10(18-9)12(17)16(3)7-11-13-8(2)14-15-11/h5-6H,4,7H2,1-3H3,(H,13,14,15). The third kappa shape index (κ3) is 2.58. The van der Waals surface area contributed by atoms with E-state index in [4.69, 9.17) is 4.42 Å². The van der Waals surface area contributed by atoms with Crippen LogP contribution in [0.15, 0.2) is 16.5 Å². The van der Waals surface area contributed by atoms with Crippen molar-refractivity contribution in [3.63, 3.8) is 0 Å². The molecule has 6 nitrogen and oxygen atoms in total. The maximum atomic E-state index is 12.1. The lowest BCUT2D eigenvalue weighted by Gasteiger charge is -2.13. The third-order valence-corrected chi connectivity index (χ3v) is 2.59. The Kier molecular flexibility index (Phi) is 3.45. The van der Waals surface area contributed by atoms with Gasteiger partial charge in [0.1, 0.15) is 11.6 Å². The summed E-state index contributed by atoms with van der Waals surface area (Å²) in [5.74, 6) is 2.31. The summed E-state index contributed by atoms with van der Waals surface area (Å²) >= 11 is 0. The molecule has 0 bridgehead atoms. The maximum absolute atomic E-state index is 12.1. The minimum Gasteiger partial charge on any atom is -0.456 e. The zero-order chi connectivity index (χ0) is 13.1. The highest BCUT2D eigenvalue weighted by Crippen LogP contribution is 2.11. The maximum Gasteiger partial charge on any atom is 0.289 e. The van der Waals surface area contributed by atoms with Crippen LogP contribution in [0.5, 0.6) is 0 Å². The minimum atomic E-state index is -0.169. The summed E-state index contributed by atoms with van der Waals surface area (Å²) in [6.07, 6.45) is 0.775. The van der Waals surface area contributed by atoms with Crippen LogP contribution in [0.1, 0.15) is 34.9 Å². The molecule has 2 rings (SSSR count). The molecule has 0 atom stereocenters. The molecule has 0 saturated carbocycles. The van der Waals surface area contributed by atoms with Crippen LogP contribution in [0, 0.1) is 6.92 Å². The first-order valence-electron chi connectivity index (χ1n) is 5.82. The van der Waals surface area contributed by atoms with E-state index in [1.807, 2.05) is 19.9 Å². The highest BCUT2D eigenvalue weighted by atomic mass is 16.4. The van der Waals surface area contributed by atoms with Gasteiger partial charge in [-0.1, -0.05) is 6.92 Å². The molecule has 0 radical (unpaired) electrons. The van der Waals surface area contributed by atoms with E-state index >= 15 is 0 Å². The molecule has 0 aromatic carbocycles. The Balaban J connectivity index is 2.04. The number of carbonyl (C=O) groups is 1. The van der Waals surface area contributed by atoms with Crippen molar-refractivity contribution in [1.29, 1.82) is 0 Å². The van der Waals surface area contributed by atoms with Gasteiger partial charge >= 0.3 is 0 Å². The predicted molar refractivity (Wildman–Crippen MR) is 65.0 cm³/mol. The van der Waals surface area contributed by atoms with Gasteiger partial charge in [-0.2, -0.15) is 5.10 Å². The van der Waals surface area contributed by atoms with Gasteiger partial charge in [-0.3, -0.25) is 9.89 Å². The van der Waals surface area contributed by atoms with Crippen LogP contribution in [-0.4, -0.2) is 33.0 Å². The fraction of sp³-hybridized carbons (Fsp3) is 0.417. The third-order valence-electron chi connectivity index (χ3n) is 2.59. The summed E-state index contributed by atoms with van der Waals surface area (Å²) in [4.78, 5) is 17.7. The molecule has 0 unspecified atom stereocenters. The molecule has 2 aromatic rings. The molecule has 0 fully saturated rings. The van der Waals surface area contributed by atoms with Crippen molar-refractivity contribution in [2.24, 2.45) is 0 Å². The van der Waals surface area contributed by atoms with Crippen LogP contribution < -0.4 is 0 Å². The van der Waals surface area contributed by atoms with Crippen molar-refractivity contribution in [2.75, 3.05) is 7.05 Å². The van der Waals surface area contributed by atoms with Crippen LogP contribution in [0.25, 0.3) is 0 Å². The van der Waals surface area contributed by atoms with E-state index in [2.05, 4.69) is 15.2 Å². The minimum absolute atomic E-state index is 0.169. The number of carbonyl (C=O) groups excluding carboxylic acids is 1. The van der Waals surface area contributed by atoms with Crippen LogP contribution in [0.4, 0.5) is 0 Å². The van der Waals surface area contributed by atoms with Crippen molar-refractivity contribution in [3.8, 4) is 0 Å². The van der Waals surface area contributed by atoms with E-state index in [-0.39, 0.29) is 5.91 Å². The fourth-order valence-corrected chi connectivity index (χ4v) is 1.61. The lowest BCUT2D eigenvalue weighted by atomic mass is 10.3. The van der Waals surface area contributed by atoms with Gasteiger partial charge in [0, 0.05) is 13.5 Å². The number of nitrogens with one attached hydrogen (secondary N) is 1. The Morgan fingerprint density at radius 1 is 1.50 bits per heavy atom. The molecule has 0 spiro atoms. The Bertz CT molecular complexity index is 544. The topological polar surface area (TPSA) is 75.0 Å². The van der Waals surface area contributed by atoms with Crippen LogP contribution >= 0.6 is 0 Å². The summed E-state index contributed by atoms with van der Waals surface area (Å²) in [6, 6.07) is 3.51. The molecule has 2 aromatic heterocycles. The lowest BCUT2D eigenvalue weighted by molar-refractivity contribution is 0.0748. The summed E-state index contributed by atoms with van der Waals surface area (Å²) in [5.41, 5.74) is 0. The number of rotatable bonds is 4. The summed E-state index contributed by atoms with van der Waals surface area (Å²) in [7, 11) is 1.70. The van der Waals surface area contributed by atoms with Crippen molar-refractivity contribution >= 4 is 5.91 Å². The van der Waals surface area contributed by atoms with Gasteiger partial charge in [0.15, 0.2) is 11.6 Å². The first kappa shape index (κ1) is 12.3. The van der Waals surface area contributed by atoms with E-state index in [1.165, 1.54) is 4.90 Å². The summed E-state index contributed by atoms with van der Waals surface area (Å²) in [6.45, 7) is 4.15. The number of furan rings is 1. The van der Waals surface area contributed by atoms with E-state index in [9.17, 15) is 4.79 Å².